The van der Waals surface area contributed by atoms with E-state index in [1.54, 1.807) is 43.4 Å². The maximum absolute atomic E-state index is 11.6. The zero-order valence-corrected chi connectivity index (χ0v) is 14.1. The molecule has 1 heterocycles. The summed E-state index contributed by atoms with van der Waals surface area (Å²) in [6, 6.07) is 8.75. The normalized spacial score (nSPS) is 10.5. The highest BCUT2D eigenvalue weighted by Crippen LogP contribution is 2.35. The number of nitro groups is 1. The molecule has 0 saturated heterocycles. The van der Waals surface area contributed by atoms with Crippen LogP contribution in [0.1, 0.15) is 0 Å². The minimum Gasteiger partial charge on any atom is -0.434 e. The van der Waals surface area contributed by atoms with Gasteiger partial charge in [-0.15, -0.1) is 0 Å². The molecule has 9 heteroatoms. The smallest absolute Gasteiger partial charge is 0.373 e. The highest BCUT2D eigenvalue weighted by Gasteiger charge is 2.28. The first kappa shape index (κ1) is 18.6. The highest BCUT2D eigenvalue weighted by molar-refractivity contribution is 5.63. The average molecular weight is 348 g/mol. The van der Waals surface area contributed by atoms with Crippen molar-refractivity contribution in [1.29, 1.82) is 0 Å². The Morgan fingerprint density at radius 1 is 1.08 bits per heavy atom. The lowest BCUT2D eigenvalue weighted by Crippen LogP contribution is -2.32. The molecule has 0 aliphatic rings. The van der Waals surface area contributed by atoms with Crippen molar-refractivity contribution < 1.29 is 19.1 Å². The lowest BCUT2D eigenvalue weighted by molar-refractivity contribution is -0.385. The third-order valence-corrected chi connectivity index (χ3v) is 3.34. The van der Waals surface area contributed by atoms with Crippen LogP contribution in [0.3, 0.4) is 0 Å². The predicted octanol–water partition coefficient (Wildman–Crippen LogP) is 2.28. The monoisotopic (exact) mass is 348 g/mol. The number of aromatic nitrogens is 2. The zero-order valence-electron chi connectivity index (χ0n) is 14.1. The van der Waals surface area contributed by atoms with E-state index in [0.717, 1.165) is 0 Å². The quantitative estimate of drug-likeness (QED) is 0.476. The van der Waals surface area contributed by atoms with E-state index in [2.05, 4.69) is 9.97 Å². The second-order valence-corrected chi connectivity index (χ2v) is 5.00. The van der Waals surface area contributed by atoms with E-state index in [9.17, 15) is 10.1 Å². The molecule has 0 fully saturated rings. The van der Waals surface area contributed by atoms with Crippen LogP contribution in [0.25, 0.3) is 0 Å². The van der Waals surface area contributed by atoms with E-state index >= 15 is 0 Å². The van der Waals surface area contributed by atoms with Gasteiger partial charge in [0, 0.05) is 27.3 Å². The van der Waals surface area contributed by atoms with Crippen molar-refractivity contribution >= 4 is 11.5 Å². The molecule has 0 spiro atoms. The fourth-order valence-corrected chi connectivity index (χ4v) is 2.15. The van der Waals surface area contributed by atoms with E-state index in [4.69, 9.17) is 14.2 Å². The Morgan fingerprint density at radius 3 is 2.28 bits per heavy atom. The van der Waals surface area contributed by atoms with Crippen LogP contribution in [0.5, 0.6) is 11.6 Å². The third-order valence-electron chi connectivity index (χ3n) is 3.34. The van der Waals surface area contributed by atoms with Crippen LogP contribution in [0.2, 0.25) is 0 Å². The van der Waals surface area contributed by atoms with Crippen LogP contribution in [0.4, 0.5) is 11.5 Å². The molecule has 134 valence electrons. The second-order valence-electron chi connectivity index (χ2n) is 5.00. The molecular formula is C16H20N4O5. The number of hydrogen-bond acceptors (Lipinski definition) is 8. The molecular weight excluding hydrogens is 328 g/mol. The zero-order chi connectivity index (χ0) is 18.1. The first-order chi connectivity index (χ1) is 12.2. The van der Waals surface area contributed by atoms with E-state index in [0.29, 0.717) is 32.1 Å². The van der Waals surface area contributed by atoms with Crippen molar-refractivity contribution in [3.63, 3.8) is 0 Å². The van der Waals surface area contributed by atoms with Gasteiger partial charge in [0.2, 0.25) is 5.82 Å². The summed E-state index contributed by atoms with van der Waals surface area (Å²) in [7, 11) is 3.12. The van der Waals surface area contributed by atoms with Gasteiger partial charge in [-0.1, -0.05) is 18.2 Å². The van der Waals surface area contributed by atoms with Gasteiger partial charge in [-0.05, 0) is 12.1 Å². The maximum Gasteiger partial charge on any atom is 0.373 e. The van der Waals surface area contributed by atoms with Gasteiger partial charge in [-0.3, -0.25) is 10.1 Å². The van der Waals surface area contributed by atoms with Gasteiger partial charge in [0.25, 0.3) is 0 Å². The van der Waals surface area contributed by atoms with Crippen molar-refractivity contribution in [3.05, 3.63) is 46.8 Å². The van der Waals surface area contributed by atoms with Crippen LogP contribution < -0.4 is 9.64 Å². The number of methoxy groups -OCH3 is 2. The summed E-state index contributed by atoms with van der Waals surface area (Å²) in [5, 5.41) is 11.6. The van der Waals surface area contributed by atoms with Gasteiger partial charge >= 0.3 is 11.6 Å². The molecule has 0 amide bonds. The minimum atomic E-state index is -0.541. The summed E-state index contributed by atoms with van der Waals surface area (Å²) in [5.41, 5.74) is -0.293. The molecule has 0 aliphatic carbocycles. The third kappa shape index (κ3) is 5.10. The second kappa shape index (κ2) is 9.50. The molecule has 0 bridgehead atoms. The lowest BCUT2D eigenvalue weighted by Gasteiger charge is -2.22. The molecule has 2 aromatic rings. The van der Waals surface area contributed by atoms with Crippen molar-refractivity contribution in [2.75, 3.05) is 45.4 Å². The van der Waals surface area contributed by atoms with Gasteiger partial charge in [-0.25, -0.2) is 4.98 Å². The number of hydrogen-bond donors (Lipinski definition) is 0. The van der Waals surface area contributed by atoms with Crippen LogP contribution in [0.15, 0.2) is 36.7 Å². The van der Waals surface area contributed by atoms with E-state index in [1.807, 2.05) is 6.07 Å². The summed E-state index contributed by atoms with van der Waals surface area (Å²) in [5.74, 6) is 0.511. The largest absolute Gasteiger partial charge is 0.434 e. The Bertz CT molecular complexity index is 675. The first-order valence-electron chi connectivity index (χ1n) is 7.62. The van der Waals surface area contributed by atoms with E-state index in [1.165, 1.54) is 6.33 Å². The number of ether oxygens (including phenoxy) is 3. The van der Waals surface area contributed by atoms with Gasteiger partial charge in [0.1, 0.15) is 12.1 Å². The van der Waals surface area contributed by atoms with Crippen molar-refractivity contribution in [1.82, 2.24) is 9.97 Å². The molecule has 0 aliphatic heterocycles. The topological polar surface area (TPSA) is 99.9 Å². The average Bonchev–Trinajstić information content (AvgIpc) is 2.62. The summed E-state index contributed by atoms with van der Waals surface area (Å²) in [6.45, 7) is 1.62. The Balaban J connectivity index is 2.38. The van der Waals surface area contributed by atoms with Crippen molar-refractivity contribution in [3.8, 4) is 11.6 Å². The Kier molecular flexibility index (Phi) is 7.05. The van der Waals surface area contributed by atoms with Crippen molar-refractivity contribution in [2.45, 2.75) is 0 Å². The summed E-state index contributed by atoms with van der Waals surface area (Å²) >= 11 is 0. The lowest BCUT2D eigenvalue weighted by atomic mass is 10.3. The molecule has 0 saturated carbocycles. The number of anilines is 1. The van der Waals surface area contributed by atoms with E-state index in [-0.39, 0.29) is 17.4 Å². The van der Waals surface area contributed by atoms with Gasteiger partial charge in [-0.2, -0.15) is 4.98 Å². The molecule has 1 aromatic carbocycles. The fourth-order valence-electron chi connectivity index (χ4n) is 2.15. The fraction of sp³-hybridized carbons (Fsp3) is 0.375. The Hall–Kier alpha value is -2.78. The van der Waals surface area contributed by atoms with Gasteiger partial charge in [0.05, 0.1) is 18.1 Å². The highest BCUT2D eigenvalue weighted by atomic mass is 16.6. The number of rotatable bonds is 10. The van der Waals surface area contributed by atoms with Gasteiger partial charge in [0.15, 0.2) is 0 Å². The molecule has 0 radical (unpaired) electrons. The van der Waals surface area contributed by atoms with Crippen LogP contribution in [-0.2, 0) is 9.47 Å². The summed E-state index contributed by atoms with van der Waals surface area (Å²) in [6.07, 6.45) is 1.24. The predicted molar refractivity (Wildman–Crippen MR) is 91.2 cm³/mol. The number of para-hydroxylation sites is 1. The van der Waals surface area contributed by atoms with Crippen molar-refractivity contribution in [2.24, 2.45) is 0 Å². The Labute approximate surface area is 145 Å². The summed E-state index contributed by atoms with van der Waals surface area (Å²) < 4.78 is 15.7. The van der Waals surface area contributed by atoms with Crippen LogP contribution in [-0.4, -0.2) is 55.4 Å². The number of nitrogens with zero attached hydrogens (tertiary/aromatic N) is 4. The van der Waals surface area contributed by atoms with Gasteiger partial charge < -0.3 is 19.1 Å². The molecule has 25 heavy (non-hydrogen) atoms. The maximum atomic E-state index is 11.6. The molecule has 9 nitrogen and oxygen atoms in total. The molecule has 0 atom stereocenters. The SMILES string of the molecule is COCCN(CCOC)c1ncnc(Oc2ccccc2)c1[N+](=O)[O-]. The van der Waals surface area contributed by atoms with E-state index < -0.39 is 4.92 Å². The molecule has 0 N–H and O–H groups in total. The minimum absolute atomic E-state index is 0.110. The molecule has 1 aromatic heterocycles. The molecule has 0 unspecified atom stereocenters. The standard InChI is InChI=1S/C16H20N4O5/c1-23-10-8-19(9-11-24-2)15-14(20(21)22)16(18-12-17-15)25-13-6-4-3-5-7-13/h3-7,12H,8-11H2,1-2H3. The van der Waals surface area contributed by atoms with Crippen LogP contribution in [0, 0.1) is 10.1 Å². The number of benzene rings is 1. The Morgan fingerprint density at radius 2 is 1.72 bits per heavy atom. The first-order valence-corrected chi connectivity index (χ1v) is 7.62. The molecule has 2 rings (SSSR count). The summed E-state index contributed by atoms with van der Waals surface area (Å²) in [4.78, 5) is 20.8. The van der Waals surface area contributed by atoms with Crippen LogP contribution >= 0.6 is 0 Å².